The van der Waals surface area contributed by atoms with Gasteiger partial charge in [0.15, 0.2) is 0 Å². The molecule has 1 aromatic rings. The second kappa shape index (κ2) is 7.31. The van der Waals surface area contributed by atoms with Crippen molar-refractivity contribution in [3.63, 3.8) is 0 Å². The highest BCUT2D eigenvalue weighted by Gasteiger charge is 2.09. The smallest absolute Gasteiger partial charge is 0.0601 e. The Labute approximate surface area is 102 Å². The Hall–Kier alpha value is 0.01000. The van der Waals surface area contributed by atoms with Gasteiger partial charge < -0.3 is 5.32 Å². The first kappa shape index (κ1) is 13.1. The fraction of sp³-hybridized carbons (Fsp3) is 0.667. The summed E-state index contributed by atoms with van der Waals surface area (Å²) in [5, 5.41) is 6.38. The Bertz CT molecular complexity index is 246. The Morgan fingerprint density at radius 1 is 1.47 bits per heavy atom. The van der Waals surface area contributed by atoms with E-state index in [1.54, 1.807) is 0 Å². The van der Waals surface area contributed by atoms with Crippen LogP contribution in [0.4, 0.5) is 0 Å². The van der Waals surface area contributed by atoms with Crippen LogP contribution in [0.1, 0.15) is 33.6 Å². The Balaban J connectivity index is 2.20. The SMILES string of the molecule is CCCNC(C)CC(C)Sc1cccs1. The molecule has 1 nitrogen and oxygen atoms in total. The van der Waals surface area contributed by atoms with Gasteiger partial charge in [0.1, 0.15) is 0 Å². The van der Waals surface area contributed by atoms with E-state index in [9.17, 15) is 0 Å². The molecular formula is C12H21NS2. The zero-order chi connectivity index (χ0) is 11.1. The van der Waals surface area contributed by atoms with Crippen LogP contribution in [-0.4, -0.2) is 17.8 Å². The molecule has 0 aliphatic carbocycles. The van der Waals surface area contributed by atoms with Crippen LogP contribution >= 0.6 is 23.1 Å². The maximum Gasteiger partial charge on any atom is 0.0601 e. The Kier molecular flexibility index (Phi) is 6.37. The van der Waals surface area contributed by atoms with Crippen LogP contribution in [0, 0.1) is 0 Å². The molecule has 0 aromatic carbocycles. The van der Waals surface area contributed by atoms with Gasteiger partial charge in [0.05, 0.1) is 4.21 Å². The van der Waals surface area contributed by atoms with Gasteiger partial charge in [-0.15, -0.1) is 23.1 Å². The number of hydrogen-bond donors (Lipinski definition) is 1. The molecule has 2 unspecified atom stereocenters. The minimum Gasteiger partial charge on any atom is -0.314 e. The van der Waals surface area contributed by atoms with Crippen LogP contribution in [-0.2, 0) is 0 Å². The van der Waals surface area contributed by atoms with E-state index in [4.69, 9.17) is 0 Å². The van der Waals surface area contributed by atoms with Crippen molar-refractivity contribution < 1.29 is 0 Å². The highest BCUT2D eigenvalue weighted by molar-refractivity contribution is 8.01. The van der Waals surface area contributed by atoms with Crippen LogP contribution in [0.5, 0.6) is 0 Å². The first-order valence-corrected chi connectivity index (χ1v) is 7.41. The molecule has 1 heterocycles. The van der Waals surface area contributed by atoms with Crippen molar-refractivity contribution in [2.75, 3.05) is 6.54 Å². The van der Waals surface area contributed by atoms with Gasteiger partial charge >= 0.3 is 0 Å². The van der Waals surface area contributed by atoms with Crippen LogP contribution in [0.25, 0.3) is 0 Å². The fourth-order valence-electron chi connectivity index (χ4n) is 1.55. The Morgan fingerprint density at radius 3 is 2.87 bits per heavy atom. The van der Waals surface area contributed by atoms with Gasteiger partial charge in [0.25, 0.3) is 0 Å². The topological polar surface area (TPSA) is 12.0 Å². The molecule has 0 aliphatic heterocycles. The lowest BCUT2D eigenvalue weighted by atomic mass is 10.2. The van der Waals surface area contributed by atoms with E-state index in [1.807, 2.05) is 23.1 Å². The summed E-state index contributed by atoms with van der Waals surface area (Å²) < 4.78 is 1.44. The average molecular weight is 243 g/mol. The number of rotatable bonds is 7. The molecule has 0 fully saturated rings. The number of thioether (sulfide) groups is 1. The van der Waals surface area contributed by atoms with Gasteiger partial charge in [-0.1, -0.05) is 19.9 Å². The van der Waals surface area contributed by atoms with Crippen molar-refractivity contribution in [1.29, 1.82) is 0 Å². The van der Waals surface area contributed by atoms with Crippen molar-refractivity contribution >= 4 is 23.1 Å². The van der Waals surface area contributed by atoms with Crippen LogP contribution in [0.2, 0.25) is 0 Å². The highest BCUT2D eigenvalue weighted by atomic mass is 32.2. The molecule has 1 rings (SSSR count). The van der Waals surface area contributed by atoms with Gasteiger partial charge in [-0.25, -0.2) is 0 Å². The first-order valence-electron chi connectivity index (χ1n) is 5.66. The summed E-state index contributed by atoms with van der Waals surface area (Å²) in [5.41, 5.74) is 0. The lowest BCUT2D eigenvalue weighted by molar-refractivity contribution is 0.513. The van der Waals surface area contributed by atoms with E-state index in [1.165, 1.54) is 17.1 Å². The molecule has 0 radical (unpaired) electrons. The second-order valence-corrected chi connectivity index (χ2v) is 6.64. The normalized spacial score (nSPS) is 15.1. The summed E-state index contributed by atoms with van der Waals surface area (Å²) in [4.78, 5) is 0. The van der Waals surface area contributed by atoms with Gasteiger partial charge in [-0.3, -0.25) is 0 Å². The van der Waals surface area contributed by atoms with E-state index in [2.05, 4.69) is 43.6 Å². The minimum absolute atomic E-state index is 0.632. The summed E-state index contributed by atoms with van der Waals surface area (Å²) in [5.74, 6) is 0. The van der Waals surface area contributed by atoms with Crippen molar-refractivity contribution in [1.82, 2.24) is 5.32 Å². The third kappa shape index (κ3) is 5.59. The summed E-state index contributed by atoms with van der Waals surface area (Å²) in [7, 11) is 0. The molecule has 0 aliphatic rings. The predicted molar refractivity (Wildman–Crippen MR) is 72.0 cm³/mol. The molecule has 0 saturated carbocycles. The maximum atomic E-state index is 3.53. The summed E-state index contributed by atoms with van der Waals surface area (Å²) in [6.45, 7) is 7.94. The van der Waals surface area contributed by atoms with Crippen LogP contribution in [0.15, 0.2) is 21.7 Å². The van der Waals surface area contributed by atoms with Crippen LogP contribution < -0.4 is 5.32 Å². The summed E-state index contributed by atoms with van der Waals surface area (Å²) >= 11 is 3.83. The van der Waals surface area contributed by atoms with Crippen molar-refractivity contribution in [2.24, 2.45) is 0 Å². The molecule has 15 heavy (non-hydrogen) atoms. The van der Waals surface area contributed by atoms with Crippen LogP contribution in [0.3, 0.4) is 0 Å². The molecule has 86 valence electrons. The zero-order valence-corrected chi connectivity index (χ0v) is 11.5. The third-order valence-electron chi connectivity index (χ3n) is 2.24. The monoisotopic (exact) mass is 243 g/mol. The zero-order valence-electron chi connectivity index (χ0n) is 9.82. The molecule has 0 amide bonds. The van der Waals surface area contributed by atoms with E-state index in [0.717, 1.165) is 6.54 Å². The number of thiophene rings is 1. The largest absolute Gasteiger partial charge is 0.314 e. The molecule has 0 saturated heterocycles. The molecule has 1 N–H and O–H groups in total. The molecule has 0 spiro atoms. The third-order valence-corrected chi connectivity index (χ3v) is 4.44. The lowest BCUT2D eigenvalue weighted by Crippen LogP contribution is -2.28. The predicted octanol–water partition coefficient (Wildman–Crippen LogP) is 4.01. The maximum absolute atomic E-state index is 3.53. The minimum atomic E-state index is 0.632. The summed E-state index contributed by atoms with van der Waals surface area (Å²) in [6, 6.07) is 4.96. The number of hydrogen-bond acceptors (Lipinski definition) is 3. The molecular weight excluding hydrogens is 222 g/mol. The van der Waals surface area contributed by atoms with Gasteiger partial charge in [0, 0.05) is 11.3 Å². The van der Waals surface area contributed by atoms with Gasteiger partial charge in [-0.2, -0.15) is 0 Å². The molecule has 1 aromatic heterocycles. The highest BCUT2D eigenvalue weighted by Crippen LogP contribution is 2.29. The van der Waals surface area contributed by atoms with E-state index in [-0.39, 0.29) is 0 Å². The van der Waals surface area contributed by atoms with Gasteiger partial charge in [-0.05, 0) is 37.8 Å². The standard InChI is InChI=1S/C12H21NS2/c1-4-7-13-10(2)9-11(3)15-12-6-5-8-14-12/h5-6,8,10-11,13H,4,7,9H2,1-3H3. The molecule has 0 bridgehead atoms. The van der Waals surface area contributed by atoms with Gasteiger partial charge in [0.2, 0.25) is 0 Å². The summed E-state index contributed by atoms with van der Waals surface area (Å²) in [6.07, 6.45) is 2.46. The fourth-order valence-corrected chi connectivity index (χ4v) is 3.82. The molecule has 2 atom stereocenters. The quantitative estimate of drug-likeness (QED) is 0.726. The van der Waals surface area contributed by atoms with E-state index < -0.39 is 0 Å². The number of nitrogens with one attached hydrogen (secondary N) is 1. The first-order chi connectivity index (χ1) is 7.22. The molecule has 3 heteroatoms. The average Bonchev–Trinajstić information content (AvgIpc) is 2.67. The van der Waals surface area contributed by atoms with E-state index >= 15 is 0 Å². The Morgan fingerprint density at radius 2 is 2.27 bits per heavy atom. The van der Waals surface area contributed by atoms with Crippen molar-refractivity contribution in [2.45, 2.75) is 49.1 Å². The van der Waals surface area contributed by atoms with Crippen molar-refractivity contribution in [3.8, 4) is 0 Å². The van der Waals surface area contributed by atoms with Crippen molar-refractivity contribution in [3.05, 3.63) is 17.5 Å². The van der Waals surface area contributed by atoms with E-state index in [0.29, 0.717) is 11.3 Å². The second-order valence-electron chi connectivity index (χ2n) is 3.95. The lowest BCUT2D eigenvalue weighted by Gasteiger charge is -2.17.